The molecule has 2 aromatic rings. The summed E-state index contributed by atoms with van der Waals surface area (Å²) in [6.07, 6.45) is 11.9. The predicted molar refractivity (Wildman–Crippen MR) is 97.9 cm³/mol. The molecule has 0 N–H and O–H groups in total. The quantitative estimate of drug-likeness (QED) is 0.785. The Bertz CT molecular complexity index is 674. The Hall–Kier alpha value is -1.88. The molecule has 0 spiro atoms. The van der Waals surface area contributed by atoms with Gasteiger partial charge in [-0.2, -0.15) is 0 Å². The third-order valence-corrected chi connectivity index (χ3v) is 5.60. The molecule has 132 valence electrons. The Kier molecular flexibility index (Phi) is 5.02. The molecule has 1 saturated heterocycles. The first-order valence-electron chi connectivity index (χ1n) is 9.05. The molecule has 3 heterocycles. The summed E-state index contributed by atoms with van der Waals surface area (Å²) in [6.45, 7) is 2.88. The topological polar surface area (TPSA) is 51.1 Å². The zero-order chi connectivity index (χ0) is 17.1. The second kappa shape index (κ2) is 7.56. The molecule has 0 aromatic carbocycles. The molecule has 1 aliphatic heterocycles. The zero-order valence-corrected chi connectivity index (χ0v) is 15.0. The third-order valence-electron chi connectivity index (χ3n) is 5.40. The van der Waals surface area contributed by atoms with Crippen LogP contribution in [0.3, 0.4) is 0 Å². The molecule has 2 aromatic heterocycles. The smallest absolute Gasteiger partial charge is 0.225 e. The number of piperidine rings is 1. The van der Waals surface area contributed by atoms with Crippen molar-refractivity contribution >= 4 is 17.5 Å². The van der Waals surface area contributed by atoms with Crippen LogP contribution < -0.4 is 9.64 Å². The van der Waals surface area contributed by atoms with E-state index >= 15 is 0 Å². The van der Waals surface area contributed by atoms with Gasteiger partial charge in [0.05, 0.1) is 30.2 Å². The number of aromatic nitrogens is 3. The third kappa shape index (κ3) is 4.21. The molecule has 2 fully saturated rings. The lowest BCUT2D eigenvalue weighted by Gasteiger charge is -2.32. The molecule has 0 amide bonds. The fourth-order valence-corrected chi connectivity index (χ4v) is 4.03. The molecular weight excluding hydrogens is 336 g/mol. The summed E-state index contributed by atoms with van der Waals surface area (Å²) in [5, 5.41) is 0.591. The van der Waals surface area contributed by atoms with Crippen molar-refractivity contribution in [1.82, 2.24) is 15.0 Å². The van der Waals surface area contributed by atoms with E-state index in [0.717, 1.165) is 55.6 Å². The Morgan fingerprint density at radius 2 is 1.96 bits per heavy atom. The van der Waals surface area contributed by atoms with E-state index < -0.39 is 0 Å². The number of rotatable bonds is 6. The van der Waals surface area contributed by atoms with Crippen LogP contribution in [0.5, 0.6) is 5.75 Å². The summed E-state index contributed by atoms with van der Waals surface area (Å²) >= 11 is 5.86. The van der Waals surface area contributed by atoms with E-state index in [0.29, 0.717) is 5.02 Å². The monoisotopic (exact) mass is 358 g/mol. The van der Waals surface area contributed by atoms with Crippen LogP contribution in [0, 0.1) is 17.8 Å². The van der Waals surface area contributed by atoms with Crippen molar-refractivity contribution in [3.8, 4) is 5.75 Å². The Morgan fingerprint density at radius 1 is 1.16 bits per heavy atom. The normalized spacial score (nSPS) is 23.5. The average molecular weight is 359 g/mol. The van der Waals surface area contributed by atoms with Crippen LogP contribution >= 0.6 is 11.6 Å². The van der Waals surface area contributed by atoms with Crippen molar-refractivity contribution < 1.29 is 4.74 Å². The highest BCUT2D eigenvalue weighted by Gasteiger charge is 2.43. The number of ether oxygens (including phenoxy) is 1. The first-order chi connectivity index (χ1) is 12.3. The van der Waals surface area contributed by atoms with Gasteiger partial charge in [0, 0.05) is 19.3 Å². The van der Waals surface area contributed by atoms with Gasteiger partial charge in [0.25, 0.3) is 0 Å². The Morgan fingerprint density at radius 3 is 2.68 bits per heavy atom. The highest BCUT2D eigenvalue weighted by molar-refractivity contribution is 6.30. The molecule has 0 radical (unpaired) electrons. The van der Waals surface area contributed by atoms with Gasteiger partial charge in [-0.25, -0.2) is 9.97 Å². The maximum atomic E-state index is 5.86. The van der Waals surface area contributed by atoms with Gasteiger partial charge in [0.2, 0.25) is 5.95 Å². The number of hydrogen-bond donors (Lipinski definition) is 0. The van der Waals surface area contributed by atoms with E-state index in [1.165, 1.54) is 19.3 Å². The van der Waals surface area contributed by atoms with Crippen molar-refractivity contribution in [2.24, 2.45) is 17.8 Å². The van der Waals surface area contributed by atoms with Crippen LogP contribution in [0.15, 0.2) is 36.9 Å². The van der Waals surface area contributed by atoms with Crippen LogP contribution in [-0.4, -0.2) is 34.6 Å². The second-order valence-electron chi connectivity index (χ2n) is 7.01. The van der Waals surface area contributed by atoms with Gasteiger partial charge in [0.15, 0.2) is 0 Å². The molecule has 2 aliphatic rings. The number of nitrogens with zero attached hydrogens (tertiary/aromatic N) is 4. The van der Waals surface area contributed by atoms with Gasteiger partial charge in [-0.1, -0.05) is 11.6 Å². The summed E-state index contributed by atoms with van der Waals surface area (Å²) in [7, 11) is 0. The van der Waals surface area contributed by atoms with Gasteiger partial charge in [0.1, 0.15) is 5.75 Å². The highest BCUT2D eigenvalue weighted by atomic mass is 35.5. The number of halogens is 1. The van der Waals surface area contributed by atoms with E-state index in [2.05, 4.69) is 19.9 Å². The van der Waals surface area contributed by atoms with Crippen molar-refractivity contribution in [3.63, 3.8) is 0 Å². The summed E-state index contributed by atoms with van der Waals surface area (Å²) in [6, 6.07) is 3.87. The average Bonchev–Trinajstić information content (AvgIpc) is 3.43. The summed E-state index contributed by atoms with van der Waals surface area (Å²) in [5.74, 6) is 4.23. The standard InChI is InChI=1S/C19H23ClN4O/c20-16-11-22-19(23-12-16)24-7-3-14(4-8-24)18-10-15(18)5-9-25-17-2-1-6-21-13-17/h1-2,6,11-15,18H,3-5,7-10H2/t15-,18-/m1/s1. The van der Waals surface area contributed by atoms with Crippen molar-refractivity contribution in [2.45, 2.75) is 25.7 Å². The van der Waals surface area contributed by atoms with E-state index in [1.54, 1.807) is 24.8 Å². The fourth-order valence-electron chi connectivity index (χ4n) is 3.94. The lowest BCUT2D eigenvalue weighted by molar-refractivity contribution is 0.283. The molecule has 25 heavy (non-hydrogen) atoms. The molecule has 0 bridgehead atoms. The minimum atomic E-state index is 0.591. The SMILES string of the molecule is Clc1cnc(N2CCC([C@H]3C[C@H]3CCOc3cccnc3)CC2)nc1. The lowest BCUT2D eigenvalue weighted by atomic mass is 9.90. The zero-order valence-electron chi connectivity index (χ0n) is 14.2. The van der Waals surface area contributed by atoms with Gasteiger partial charge in [-0.15, -0.1) is 0 Å². The van der Waals surface area contributed by atoms with Crippen molar-refractivity contribution in [3.05, 3.63) is 41.9 Å². The number of anilines is 1. The lowest BCUT2D eigenvalue weighted by Crippen LogP contribution is -2.35. The Balaban J connectivity index is 1.18. The van der Waals surface area contributed by atoms with Crippen LogP contribution in [0.4, 0.5) is 5.95 Å². The first-order valence-corrected chi connectivity index (χ1v) is 9.43. The molecule has 4 rings (SSSR count). The van der Waals surface area contributed by atoms with Gasteiger partial charge in [-0.05, 0) is 55.6 Å². The van der Waals surface area contributed by atoms with Crippen LogP contribution in [0.1, 0.15) is 25.7 Å². The maximum absolute atomic E-state index is 5.86. The second-order valence-corrected chi connectivity index (χ2v) is 7.45. The molecule has 2 atom stereocenters. The predicted octanol–water partition coefficient (Wildman–Crippen LogP) is 3.85. The highest BCUT2D eigenvalue weighted by Crippen LogP contribution is 2.49. The van der Waals surface area contributed by atoms with Crippen molar-refractivity contribution in [2.75, 3.05) is 24.6 Å². The maximum Gasteiger partial charge on any atom is 0.225 e. The first kappa shape index (κ1) is 16.6. The van der Waals surface area contributed by atoms with Crippen molar-refractivity contribution in [1.29, 1.82) is 0 Å². The molecule has 1 aliphatic carbocycles. The summed E-state index contributed by atoms with van der Waals surface area (Å²) in [4.78, 5) is 15.0. The van der Waals surface area contributed by atoms with E-state index in [1.807, 2.05) is 12.1 Å². The van der Waals surface area contributed by atoms with E-state index in [-0.39, 0.29) is 0 Å². The van der Waals surface area contributed by atoms with Crippen LogP contribution in [0.25, 0.3) is 0 Å². The van der Waals surface area contributed by atoms with Gasteiger partial charge >= 0.3 is 0 Å². The van der Waals surface area contributed by atoms with Crippen LogP contribution in [0.2, 0.25) is 5.02 Å². The van der Waals surface area contributed by atoms with Gasteiger partial charge in [-0.3, -0.25) is 4.98 Å². The van der Waals surface area contributed by atoms with E-state index in [4.69, 9.17) is 16.3 Å². The molecule has 1 saturated carbocycles. The molecule has 6 heteroatoms. The number of pyridine rings is 1. The van der Waals surface area contributed by atoms with E-state index in [9.17, 15) is 0 Å². The number of hydrogen-bond acceptors (Lipinski definition) is 5. The minimum Gasteiger partial charge on any atom is -0.492 e. The fraction of sp³-hybridized carbons (Fsp3) is 0.526. The molecule has 0 unspecified atom stereocenters. The van der Waals surface area contributed by atoms with Crippen LogP contribution in [-0.2, 0) is 0 Å². The van der Waals surface area contributed by atoms with Gasteiger partial charge < -0.3 is 9.64 Å². The largest absolute Gasteiger partial charge is 0.492 e. The minimum absolute atomic E-state index is 0.591. The Labute approximate surface area is 153 Å². The molecule has 5 nitrogen and oxygen atoms in total. The summed E-state index contributed by atoms with van der Waals surface area (Å²) in [5.41, 5.74) is 0. The molecular formula is C19H23ClN4O. The summed E-state index contributed by atoms with van der Waals surface area (Å²) < 4.78 is 5.78.